The van der Waals surface area contributed by atoms with E-state index in [1.807, 2.05) is 12.1 Å². The maximum Gasteiger partial charge on any atom is 0.271 e. The third kappa shape index (κ3) is 5.54. The molecule has 1 N–H and O–H groups in total. The van der Waals surface area contributed by atoms with E-state index >= 15 is 0 Å². The van der Waals surface area contributed by atoms with Gasteiger partial charge in [0.25, 0.3) is 11.5 Å². The van der Waals surface area contributed by atoms with Gasteiger partial charge in [0.15, 0.2) is 11.5 Å². The Morgan fingerprint density at radius 3 is 2.56 bits per heavy atom. The Bertz CT molecular complexity index is 853. The number of carbonyl (C=O) groups is 1. The summed E-state index contributed by atoms with van der Waals surface area (Å²) in [6.45, 7) is 1.02. The van der Waals surface area contributed by atoms with E-state index < -0.39 is 0 Å². The van der Waals surface area contributed by atoms with E-state index in [9.17, 15) is 9.59 Å². The van der Waals surface area contributed by atoms with Gasteiger partial charge in [-0.1, -0.05) is 15.9 Å². The average molecular weight is 440 g/mol. The molecule has 1 aromatic heterocycles. The lowest BCUT2D eigenvalue weighted by molar-refractivity contribution is 0.0945. The van der Waals surface area contributed by atoms with Gasteiger partial charge in [0.05, 0.1) is 27.4 Å². The highest BCUT2D eigenvalue weighted by Gasteiger charge is 2.12. The third-order valence-electron chi connectivity index (χ3n) is 3.84. The van der Waals surface area contributed by atoms with Gasteiger partial charge < -0.3 is 19.5 Å². The molecule has 0 saturated heterocycles. The highest BCUT2D eigenvalue weighted by molar-refractivity contribution is 9.10. The molecule has 0 aliphatic rings. The summed E-state index contributed by atoms with van der Waals surface area (Å²) in [7, 11) is 4.68. The molecule has 8 nitrogen and oxygen atoms in total. The van der Waals surface area contributed by atoms with Gasteiger partial charge >= 0.3 is 0 Å². The summed E-state index contributed by atoms with van der Waals surface area (Å²) in [6, 6.07) is 6.41. The van der Waals surface area contributed by atoms with Crippen LogP contribution in [0.15, 0.2) is 33.5 Å². The topological polar surface area (TPSA) is 91.7 Å². The molecule has 1 amide bonds. The Morgan fingerprint density at radius 2 is 1.89 bits per heavy atom. The molecule has 146 valence electrons. The number of nitrogens with zero attached hydrogens (tertiary/aromatic N) is 2. The van der Waals surface area contributed by atoms with Crippen molar-refractivity contribution in [1.82, 2.24) is 15.1 Å². The lowest BCUT2D eigenvalue weighted by atomic mass is 10.1. The second-order valence-corrected chi connectivity index (χ2v) is 6.43. The van der Waals surface area contributed by atoms with Crippen molar-refractivity contribution in [3.05, 3.63) is 50.3 Å². The van der Waals surface area contributed by atoms with Gasteiger partial charge in [0.2, 0.25) is 0 Å². The molecule has 9 heteroatoms. The van der Waals surface area contributed by atoms with Crippen molar-refractivity contribution >= 4 is 21.8 Å². The first-order valence-electron chi connectivity index (χ1n) is 8.25. The van der Waals surface area contributed by atoms with Crippen LogP contribution in [-0.4, -0.2) is 50.2 Å². The second-order valence-electron chi connectivity index (χ2n) is 5.58. The van der Waals surface area contributed by atoms with E-state index in [4.69, 9.17) is 14.2 Å². The number of hydrogen-bond donors (Lipinski definition) is 1. The quantitative estimate of drug-likeness (QED) is 0.638. The maximum atomic E-state index is 12.3. The lowest BCUT2D eigenvalue weighted by Gasteiger charge is -2.12. The monoisotopic (exact) mass is 439 g/mol. The molecule has 27 heavy (non-hydrogen) atoms. The SMILES string of the molecule is COCCn1nc(C(=O)NCCc2cc(OC)c(OC)cc2Br)ccc1=O. The van der Waals surface area contributed by atoms with Crippen LogP contribution >= 0.6 is 15.9 Å². The molecule has 0 atom stereocenters. The van der Waals surface area contributed by atoms with E-state index in [2.05, 4.69) is 26.3 Å². The van der Waals surface area contributed by atoms with Gasteiger partial charge in [0.1, 0.15) is 5.69 Å². The number of carbonyl (C=O) groups excluding carboxylic acids is 1. The maximum absolute atomic E-state index is 12.3. The van der Waals surface area contributed by atoms with E-state index in [0.717, 1.165) is 10.0 Å². The van der Waals surface area contributed by atoms with Gasteiger partial charge in [-0.15, -0.1) is 0 Å². The number of halogens is 1. The lowest BCUT2D eigenvalue weighted by Crippen LogP contribution is -2.31. The van der Waals surface area contributed by atoms with Crippen molar-refractivity contribution in [2.45, 2.75) is 13.0 Å². The summed E-state index contributed by atoms with van der Waals surface area (Å²) in [4.78, 5) is 24.0. The molecule has 2 aromatic rings. The van der Waals surface area contributed by atoms with Gasteiger partial charge in [-0.25, -0.2) is 4.68 Å². The summed E-state index contributed by atoms with van der Waals surface area (Å²) in [5.41, 5.74) is 0.862. The Hall–Kier alpha value is -2.39. The Balaban J connectivity index is 2.01. The molecule has 0 aliphatic carbocycles. The molecular weight excluding hydrogens is 418 g/mol. The van der Waals surface area contributed by atoms with Gasteiger partial charge in [-0.3, -0.25) is 9.59 Å². The molecule has 0 unspecified atom stereocenters. The van der Waals surface area contributed by atoms with E-state index in [1.165, 1.54) is 23.9 Å². The number of hydrogen-bond acceptors (Lipinski definition) is 6. The normalized spacial score (nSPS) is 10.5. The number of amides is 1. The molecule has 1 aromatic carbocycles. The molecule has 0 spiro atoms. The average Bonchev–Trinajstić information content (AvgIpc) is 2.68. The summed E-state index contributed by atoms with van der Waals surface area (Å²) in [6.07, 6.45) is 0.579. The van der Waals surface area contributed by atoms with Crippen LogP contribution in [0.2, 0.25) is 0 Å². The zero-order valence-corrected chi connectivity index (χ0v) is 17.0. The molecule has 2 rings (SSSR count). The van der Waals surface area contributed by atoms with Crippen LogP contribution in [-0.2, 0) is 17.7 Å². The van der Waals surface area contributed by atoms with E-state index in [0.29, 0.717) is 31.1 Å². The minimum absolute atomic E-state index is 0.178. The minimum atomic E-state index is -0.349. The zero-order chi connectivity index (χ0) is 19.8. The van der Waals surface area contributed by atoms with Crippen molar-refractivity contribution in [2.75, 3.05) is 34.5 Å². The molecule has 0 aliphatic heterocycles. The predicted octanol–water partition coefficient (Wildman–Crippen LogP) is 1.64. The van der Waals surface area contributed by atoms with Crippen molar-refractivity contribution in [1.29, 1.82) is 0 Å². The highest BCUT2D eigenvalue weighted by Crippen LogP contribution is 2.33. The van der Waals surface area contributed by atoms with Crippen molar-refractivity contribution in [2.24, 2.45) is 0 Å². The molecule has 0 fully saturated rings. The van der Waals surface area contributed by atoms with Crippen LogP contribution in [0.5, 0.6) is 11.5 Å². The largest absolute Gasteiger partial charge is 0.493 e. The third-order valence-corrected chi connectivity index (χ3v) is 4.58. The number of aromatic nitrogens is 2. The van der Waals surface area contributed by atoms with Crippen molar-refractivity contribution in [3.8, 4) is 11.5 Å². The molecule has 0 bridgehead atoms. The van der Waals surface area contributed by atoms with Crippen molar-refractivity contribution < 1.29 is 19.0 Å². The molecule has 0 saturated carbocycles. The number of ether oxygens (including phenoxy) is 3. The van der Waals surface area contributed by atoms with Crippen LogP contribution in [0.4, 0.5) is 0 Å². The minimum Gasteiger partial charge on any atom is -0.493 e. The Kier molecular flexibility index (Phi) is 7.81. The smallest absolute Gasteiger partial charge is 0.271 e. The highest BCUT2D eigenvalue weighted by atomic mass is 79.9. The standard InChI is InChI=1S/C18H22BrN3O5/c1-25-9-8-22-17(23)5-4-14(21-22)18(24)20-7-6-12-10-15(26-2)16(27-3)11-13(12)19/h4-5,10-11H,6-9H2,1-3H3,(H,20,24). The predicted molar refractivity (Wildman–Crippen MR) is 104 cm³/mol. The first kappa shape index (κ1) is 20.9. The van der Waals surface area contributed by atoms with Crippen LogP contribution in [0.3, 0.4) is 0 Å². The first-order valence-corrected chi connectivity index (χ1v) is 9.05. The molecule has 1 heterocycles. The Morgan fingerprint density at radius 1 is 1.19 bits per heavy atom. The van der Waals surface area contributed by atoms with Gasteiger partial charge in [0, 0.05) is 24.2 Å². The first-order chi connectivity index (χ1) is 13.0. The molecular formula is C18H22BrN3O5. The van der Waals surface area contributed by atoms with Crippen LogP contribution in [0, 0.1) is 0 Å². The fourth-order valence-electron chi connectivity index (χ4n) is 2.40. The van der Waals surface area contributed by atoms with Gasteiger partial charge in [-0.2, -0.15) is 5.10 Å². The van der Waals surface area contributed by atoms with Crippen LogP contribution in [0.25, 0.3) is 0 Å². The zero-order valence-electron chi connectivity index (χ0n) is 15.5. The van der Waals surface area contributed by atoms with E-state index in [-0.39, 0.29) is 23.7 Å². The fourth-order valence-corrected chi connectivity index (χ4v) is 2.92. The number of nitrogens with one attached hydrogen (secondary N) is 1. The molecule has 0 radical (unpaired) electrons. The van der Waals surface area contributed by atoms with E-state index in [1.54, 1.807) is 14.2 Å². The van der Waals surface area contributed by atoms with Gasteiger partial charge in [-0.05, 0) is 30.2 Å². The summed E-state index contributed by atoms with van der Waals surface area (Å²) in [5, 5.41) is 6.87. The fraction of sp³-hybridized carbons (Fsp3) is 0.389. The van der Waals surface area contributed by atoms with Crippen molar-refractivity contribution in [3.63, 3.8) is 0 Å². The second kappa shape index (κ2) is 10.1. The summed E-state index contributed by atoms with van der Waals surface area (Å²) in [5.74, 6) is 0.895. The Labute approximate surface area is 165 Å². The van der Waals surface area contributed by atoms with Crippen LogP contribution < -0.4 is 20.3 Å². The number of benzene rings is 1. The summed E-state index contributed by atoms with van der Waals surface area (Å²) < 4.78 is 17.6. The van der Waals surface area contributed by atoms with Crippen LogP contribution in [0.1, 0.15) is 16.1 Å². The number of methoxy groups -OCH3 is 3. The number of rotatable bonds is 9. The summed E-state index contributed by atoms with van der Waals surface area (Å²) >= 11 is 3.49.